The first kappa shape index (κ1) is 13.6. The molecule has 0 aliphatic heterocycles. The van der Waals surface area contributed by atoms with Crippen molar-refractivity contribution in [1.29, 1.82) is 0 Å². The molecule has 1 aliphatic rings. The topological polar surface area (TPSA) is 33.1 Å². The van der Waals surface area contributed by atoms with Crippen molar-refractivity contribution in [1.82, 2.24) is 20.0 Å². The highest BCUT2D eigenvalue weighted by Gasteiger charge is 2.28. The van der Waals surface area contributed by atoms with E-state index >= 15 is 0 Å². The monoisotopic (exact) mass is 250 g/mol. The summed E-state index contributed by atoms with van der Waals surface area (Å²) in [5.41, 5.74) is 1.29. The van der Waals surface area contributed by atoms with Crippen molar-refractivity contribution in [2.24, 2.45) is 0 Å². The molecule has 102 valence electrons. The minimum atomic E-state index is 0.611. The predicted molar refractivity (Wildman–Crippen MR) is 74.5 cm³/mol. The van der Waals surface area contributed by atoms with Crippen LogP contribution in [0.15, 0.2) is 12.3 Å². The molecule has 0 bridgehead atoms. The highest BCUT2D eigenvalue weighted by atomic mass is 15.3. The number of nitrogens with one attached hydrogen (secondary N) is 1. The second-order valence-corrected chi connectivity index (χ2v) is 5.42. The highest BCUT2D eigenvalue weighted by Crippen LogP contribution is 2.26. The van der Waals surface area contributed by atoms with Gasteiger partial charge in [0.25, 0.3) is 0 Å². The van der Waals surface area contributed by atoms with Gasteiger partial charge in [-0.1, -0.05) is 6.92 Å². The van der Waals surface area contributed by atoms with Crippen LogP contribution in [-0.2, 0) is 13.1 Å². The lowest BCUT2D eigenvalue weighted by molar-refractivity contribution is 0.240. The Labute approximate surface area is 110 Å². The zero-order valence-electron chi connectivity index (χ0n) is 11.9. The van der Waals surface area contributed by atoms with Crippen molar-refractivity contribution in [3.63, 3.8) is 0 Å². The molecule has 0 spiro atoms. The van der Waals surface area contributed by atoms with Gasteiger partial charge < -0.3 is 5.32 Å². The molecule has 1 atom stereocenters. The molecule has 4 nitrogen and oxygen atoms in total. The molecule has 1 saturated carbocycles. The number of aryl methyl sites for hydroxylation is 1. The summed E-state index contributed by atoms with van der Waals surface area (Å²) in [6, 6.07) is 3.56. The normalized spacial score (nSPS) is 17.3. The fourth-order valence-electron chi connectivity index (χ4n) is 2.32. The van der Waals surface area contributed by atoms with Crippen molar-refractivity contribution in [2.45, 2.75) is 58.3 Å². The molecule has 0 aromatic carbocycles. The third-order valence-corrected chi connectivity index (χ3v) is 3.80. The Morgan fingerprint density at radius 2 is 2.33 bits per heavy atom. The van der Waals surface area contributed by atoms with Crippen molar-refractivity contribution in [2.75, 3.05) is 13.6 Å². The van der Waals surface area contributed by atoms with Crippen molar-refractivity contribution in [3.8, 4) is 0 Å². The van der Waals surface area contributed by atoms with Crippen LogP contribution in [0.1, 0.15) is 38.8 Å². The predicted octanol–water partition coefficient (Wildman–Crippen LogP) is 1.87. The molecule has 1 unspecified atom stereocenters. The number of hydrogen-bond donors (Lipinski definition) is 1. The maximum absolute atomic E-state index is 4.34. The summed E-state index contributed by atoms with van der Waals surface area (Å²) in [7, 11) is 2.24. The summed E-state index contributed by atoms with van der Waals surface area (Å²) >= 11 is 0. The third kappa shape index (κ3) is 3.56. The molecule has 4 heteroatoms. The van der Waals surface area contributed by atoms with Crippen molar-refractivity contribution in [3.05, 3.63) is 18.0 Å². The van der Waals surface area contributed by atoms with Crippen molar-refractivity contribution >= 4 is 0 Å². The maximum Gasteiger partial charge on any atom is 0.0522 e. The van der Waals surface area contributed by atoms with Crippen LogP contribution < -0.4 is 5.32 Å². The van der Waals surface area contributed by atoms with Gasteiger partial charge in [-0.05, 0) is 39.3 Å². The van der Waals surface area contributed by atoms with E-state index in [0.717, 1.165) is 32.1 Å². The van der Waals surface area contributed by atoms with Crippen LogP contribution in [0.2, 0.25) is 0 Å². The molecule has 1 fully saturated rings. The largest absolute Gasteiger partial charge is 0.310 e. The number of likely N-dealkylation sites (N-methyl/N-ethyl adjacent to an activating group) is 1. The highest BCUT2D eigenvalue weighted by molar-refractivity contribution is 5.00. The minimum Gasteiger partial charge on any atom is -0.310 e. The average molecular weight is 250 g/mol. The van der Waals surface area contributed by atoms with Gasteiger partial charge in [-0.3, -0.25) is 9.58 Å². The molecule has 18 heavy (non-hydrogen) atoms. The molecule has 1 N–H and O–H groups in total. The quantitative estimate of drug-likeness (QED) is 0.764. The van der Waals surface area contributed by atoms with E-state index in [9.17, 15) is 0 Å². The van der Waals surface area contributed by atoms with Gasteiger partial charge in [0.05, 0.1) is 5.69 Å². The molecule has 1 aromatic rings. The third-order valence-electron chi connectivity index (χ3n) is 3.80. The number of hydrogen-bond acceptors (Lipinski definition) is 3. The van der Waals surface area contributed by atoms with E-state index in [2.05, 4.69) is 47.0 Å². The summed E-state index contributed by atoms with van der Waals surface area (Å²) in [5.74, 6) is 0. The summed E-state index contributed by atoms with van der Waals surface area (Å²) in [4.78, 5) is 2.50. The second-order valence-electron chi connectivity index (χ2n) is 5.42. The van der Waals surface area contributed by atoms with E-state index in [0.29, 0.717) is 6.04 Å². The van der Waals surface area contributed by atoms with Gasteiger partial charge in [0.15, 0.2) is 0 Å². The fourth-order valence-corrected chi connectivity index (χ4v) is 2.32. The Hall–Kier alpha value is -0.870. The van der Waals surface area contributed by atoms with Crippen LogP contribution in [-0.4, -0.2) is 40.4 Å². The molecule has 0 saturated heterocycles. The van der Waals surface area contributed by atoms with Gasteiger partial charge in [-0.2, -0.15) is 5.10 Å². The number of aromatic nitrogens is 2. The lowest BCUT2D eigenvalue weighted by atomic mass is 10.3. The van der Waals surface area contributed by atoms with Gasteiger partial charge in [-0.25, -0.2) is 0 Å². The minimum absolute atomic E-state index is 0.611. The second kappa shape index (κ2) is 6.34. The van der Waals surface area contributed by atoms with Crippen LogP contribution in [0.3, 0.4) is 0 Å². The average Bonchev–Trinajstić information content (AvgIpc) is 3.12. The summed E-state index contributed by atoms with van der Waals surface area (Å²) in [6.07, 6.45) is 5.79. The Kier molecular flexibility index (Phi) is 4.78. The summed E-state index contributed by atoms with van der Waals surface area (Å²) in [5, 5.41) is 7.89. The van der Waals surface area contributed by atoms with Gasteiger partial charge in [0, 0.05) is 37.9 Å². The molecule has 1 aromatic heterocycles. The van der Waals surface area contributed by atoms with Crippen molar-refractivity contribution < 1.29 is 0 Å². The lowest BCUT2D eigenvalue weighted by Crippen LogP contribution is -2.39. The molecule has 2 rings (SSSR count). The standard InChI is InChI=1S/C14H26N4/c1-4-9-18-14(7-8-16-18)11-15-10-12(2)17(3)13-5-6-13/h7-8,12-13,15H,4-6,9-11H2,1-3H3. The van der Waals surface area contributed by atoms with E-state index < -0.39 is 0 Å². The van der Waals surface area contributed by atoms with Crippen LogP contribution in [0, 0.1) is 0 Å². The van der Waals surface area contributed by atoms with E-state index in [1.54, 1.807) is 0 Å². The van der Waals surface area contributed by atoms with Crippen LogP contribution >= 0.6 is 0 Å². The van der Waals surface area contributed by atoms with Crippen LogP contribution in [0.25, 0.3) is 0 Å². The Morgan fingerprint density at radius 3 is 3.00 bits per heavy atom. The van der Waals surface area contributed by atoms with E-state index in [1.807, 2.05) is 6.20 Å². The molecule has 0 amide bonds. The molecule has 1 heterocycles. The zero-order chi connectivity index (χ0) is 13.0. The SMILES string of the molecule is CCCn1nccc1CNCC(C)N(C)C1CC1. The van der Waals surface area contributed by atoms with Gasteiger partial charge in [-0.15, -0.1) is 0 Å². The Bertz CT molecular complexity index is 356. The number of rotatable bonds is 8. The van der Waals surface area contributed by atoms with Gasteiger partial charge in [0.1, 0.15) is 0 Å². The first-order chi connectivity index (χ1) is 8.72. The van der Waals surface area contributed by atoms with Gasteiger partial charge in [0.2, 0.25) is 0 Å². The smallest absolute Gasteiger partial charge is 0.0522 e. The van der Waals surface area contributed by atoms with E-state index in [-0.39, 0.29) is 0 Å². The molecule has 1 aliphatic carbocycles. The Morgan fingerprint density at radius 1 is 1.56 bits per heavy atom. The van der Waals surface area contributed by atoms with Gasteiger partial charge >= 0.3 is 0 Å². The fraction of sp³-hybridized carbons (Fsp3) is 0.786. The van der Waals surface area contributed by atoms with Crippen LogP contribution in [0.4, 0.5) is 0 Å². The zero-order valence-corrected chi connectivity index (χ0v) is 11.9. The Balaban J connectivity index is 1.72. The van der Waals surface area contributed by atoms with E-state index in [4.69, 9.17) is 0 Å². The van der Waals surface area contributed by atoms with E-state index in [1.165, 1.54) is 18.5 Å². The number of nitrogens with zero attached hydrogens (tertiary/aromatic N) is 3. The summed E-state index contributed by atoms with van der Waals surface area (Å²) in [6.45, 7) is 7.47. The first-order valence-electron chi connectivity index (χ1n) is 7.15. The summed E-state index contributed by atoms with van der Waals surface area (Å²) < 4.78 is 2.10. The molecular weight excluding hydrogens is 224 g/mol. The molecular formula is C14H26N4. The molecule has 0 radical (unpaired) electrons. The first-order valence-corrected chi connectivity index (χ1v) is 7.15. The maximum atomic E-state index is 4.34. The lowest BCUT2D eigenvalue weighted by Gasteiger charge is -2.24. The van der Waals surface area contributed by atoms with Crippen LogP contribution in [0.5, 0.6) is 0 Å².